The summed E-state index contributed by atoms with van der Waals surface area (Å²) in [6, 6.07) is 8.29. The van der Waals surface area contributed by atoms with Gasteiger partial charge in [0, 0.05) is 57.3 Å². The monoisotopic (exact) mass is 408 g/mol. The number of hydrogen-bond acceptors (Lipinski definition) is 5. The molecule has 3 aromatic rings. The molecule has 8 heteroatoms. The minimum absolute atomic E-state index is 0.0394. The van der Waals surface area contributed by atoms with Gasteiger partial charge in [-0.2, -0.15) is 5.10 Å². The number of halogens is 1. The van der Waals surface area contributed by atoms with Crippen LogP contribution in [0.4, 0.5) is 10.3 Å². The standard InChI is InChI=1S/C22H25FN6O/c1-27(2)22-24-13-19(16-6-3-8-18(23)12-16)21(26-22)17-7-4-10-28(14-17)20(30)15-29-11-5-9-25-29/h3,5-6,8-9,11-13,17H,4,7,10,14-15H2,1-2H3/t17-/m1/s1. The lowest BCUT2D eigenvalue weighted by molar-refractivity contribution is -0.133. The van der Waals surface area contributed by atoms with Crippen LogP contribution in [0.25, 0.3) is 11.1 Å². The van der Waals surface area contributed by atoms with Gasteiger partial charge in [-0.3, -0.25) is 9.48 Å². The first-order valence-corrected chi connectivity index (χ1v) is 10.1. The third-order valence-corrected chi connectivity index (χ3v) is 5.36. The fourth-order valence-electron chi connectivity index (χ4n) is 3.85. The minimum atomic E-state index is -0.296. The zero-order valence-corrected chi connectivity index (χ0v) is 17.2. The van der Waals surface area contributed by atoms with Gasteiger partial charge in [0.25, 0.3) is 0 Å². The normalized spacial score (nSPS) is 16.5. The number of likely N-dealkylation sites (tertiary alicyclic amines) is 1. The van der Waals surface area contributed by atoms with Gasteiger partial charge in [-0.15, -0.1) is 0 Å². The molecule has 1 aliphatic rings. The number of aromatic nitrogens is 4. The van der Waals surface area contributed by atoms with Crippen LogP contribution in [-0.2, 0) is 11.3 Å². The van der Waals surface area contributed by atoms with Crippen LogP contribution in [0, 0.1) is 5.82 Å². The second-order valence-electron chi connectivity index (χ2n) is 7.76. The number of amides is 1. The van der Waals surface area contributed by atoms with Gasteiger partial charge in [-0.1, -0.05) is 12.1 Å². The van der Waals surface area contributed by atoms with Crippen molar-refractivity contribution in [1.82, 2.24) is 24.6 Å². The van der Waals surface area contributed by atoms with E-state index >= 15 is 0 Å². The fourth-order valence-corrected chi connectivity index (χ4v) is 3.85. The van der Waals surface area contributed by atoms with Gasteiger partial charge in [-0.05, 0) is 36.6 Å². The average molecular weight is 408 g/mol. The summed E-state index contributed by atoms with van der Waals surface area (Å²) in [5, 5.41) is 4.13. The molecule has 4 rings (SSSR count). The summed E-state index contributed by atoms with van der Waals surface area (Å²) in [4.78, 5) is 25.8. The van der Waals surface area contributed by atoms with E-state index in [9.17, 15) is 9.18 Å². The highest BCUT2D eigenvalue weighted by Crippen LogP contribution is 2.34. The first-order valence-electron chi connectivity index (χ1n) is 10.1. The lowest BCUT2D eigenvalue weighted by Crippen LogP contribution is -2.41. The molecule has 0 aliphatic carbocycles. The third-order valence-electron chi connectivity index (χ3n) is 5.36. The fraction of sp³-hybridized carbons (Fsp3) is 0.364. The van der Waals surface area contributed by atoms with Crippen molar-refractivity contribution in [3.8, 4) is 11.1 Å². The Bertz CT molecular complexity index is 1020. The van der Waals surface area contributed by atoms with E-state index < -0.39 is 0 Å². The maximum atomic E-state index is 13.9. The number of nitrogens with zero attached hydrogens (tertiary/aromatic N) is 6. The molecule has 1 fully saturated rings. The Labute approximate surface area is 175 Å². The molecule has 1 aliphatic heterocycles. The lowest BCUT2D eigenvalue weighted by atomic mass is 9.90. The van der Waals surface area contributed by atoms with E-state index in [1.54, 1.807) is 35.4 Å². The maximum absolute atomic E-state index is 13.9. The zero-order valence-electron chi connectivity index (χ0n) is 17.2. The Hall–Kier alpha value is -3.29. The number of hydrogen-bond donors (Lipinski definition) is 0. The second kappa shape index (κ2) is 8.61. The summed E-state index contributed by atoms with van der Waals surface area (Å²) < 4.78 is 15.5. The minimum Gasteiger partial charge on any atom is -0.347 e. The number of carbonyl (C=O) groups is 1. The van der Waals surface area contributed by atoms with Gasteiger partial charge in [0.15, 0.2) is 0 Å². The molecule has 0 spiro atoms. The van der Waals surface area contributed by atoms with Crippen molar-refractivity contribution in [2.75, 3.05) is 32.1 Å². The van der Waals surface area contributed by atoms with Crippen LogP contribution in [0.1, 0.15) is 24.5 Å². The summed E-state index contributed by atoms with van der Waals surface area (Å²) in [6.07, 6.45) is 7.02. The second-order valence-corrected chi connectivity index (χ2v) is 7.76. The largest absolute Gasteiger partial charge is 0.347 e. The number of rotatable bonds is 5. The van der Waals surface area contributed by atoms with Crippen molar-refractivity contribution >= 4 is 11.9 Å². The number of benzene rings is 1. The zero-order chi connectivity index (χ0) is 21.1. The number of carbonyl (C=O) groups excluding carboxylic acids is 1. The summed E-state index contributed by atoms with van der Waals surface area (Å²) in [7, 11) is 3.78. The Morgan fingerprint density at radius 3 is 2.90 bits per heavy atom. The van der Waals surface area contributed by atoms with Crippen LogP contribution in [0.15, 0.2) is 48.9 Å². The summed E-state index contributed by atoms with van der Waals surface area (Å²) >= 11 is 0. The molecule has 0 N–H and O–H groups in total. The van der Waals surface area contributed by atoms with Crippen molar-refractivity contribution in [3.63, 3.8) is 0 Å². The van der Waals surface area contributed by atoms with E-state index in [1.165, 1.54) is 12.1 Å². The van der Waals surface area contributed by atoms with Crippen molar-refractivity contribution in [3.05, 3.63) is 60.4 Å². The van der Waals surface area contributed by atoms with Gasteiger partial charge in [0.05, 0.1) is 5.69 Å². The third kappa shape index (κ3) is 4.32. The summed E-state index contributed by atoms with van der Waals surface area (Å²) in [5.41, 5.74) is 2.41. The highest BCUT2D eigenvalue weighted by molar-refractivity contribution is 5.76. The van der Waals surface area contributed by atoms with Crippen LogP contribution in [0.5, 0.6) is 0 Å². The number of piperidine rings is 1. The molecule has 0 unspecified atom stereocenters. The van der Waals surface area contributed by atoms with Gasteiger partial charge >= 0.3 is 0 Å². The van der Waals surface area contributed by atoms with E-state index in [2.05, 4.69) is 10.1 Å². The molecule has 1 aromatic carbocycles. The van der Waals surface area contributed by atoms with Crippen molar-refractivity contribution in [2.24, 2.45) is 0 Å². The van der Waals surface area contributed by atoms with Crippen LogP contribution in [0.3, 0.4) is 0 Å². The van der Waals surface area contributed by atoms with E-state index in [4.69, 9.17) is 4.98 Å². The predicted molar refractivity (Wildman–Crippen MR) is 113 cm³/mol. The highest BCUT2D eigenvalue weighted by atomic mass is 19.1. The smallest absolute Gasteiger partial charge is 0.244 e. The van der Waals surface area contributed by atoms with Crippen LogP contribution in [-0.4, -0.2) is 57.7 Å². The van der Waals surface area contributed by atoms with Crippen LogP contribution >= 0.6 is 0 Å². The molecule has 1 amide bonds. The van der Waals surface area contributed by atoms with Crippen molar-refractivity contribution in [2.45, 2.75) is 25.3 Å². The maximum Gasteiger partial charge on any atom is 0.244 e. The molecule has 3 heterocycles. The molecule has 0 radical (unpaired) electrons. The topological polar surface area (TPSA) is 67.2 Å². The summed E-state index contributed by atoms with van der Waals surface area (Å²) in [5.74, 6) is 0.401. The molecule has 1 atom stereocenters. The molecule has 2 aromatic heterocycles. The highest BCUT2D eigenvalue weighted by Gasteiger charge is 2.28. The Morgan fingerprint density at radius 1 is 1.30 bits per heavy atom. The van der Waals surface area contributed by atoms with E-state index in [0.717, 1.165) is 36.2 Å². The van der Waals surface area contributed by atoms with E-state index in [-0.39, 0.29) is 24.2 Å². The Balaban J connectivity index is 1.64. The quantitative estimate of drug-likeness (QED) is 0.649. The van der Waals surface area contributed by atoms with Gasteiger partial charge in [0.2, 0.25) is 11.9 Å². The van der Waals surface area contributed by atoms with Crippen LogP contribution < -0.4 is 4.90 Å². The van der Waals surface area contributed by atoms with E-state index in [0.29, 0.717) is 12.5 Å². The van der Waals surface area contributed by atoms with Gasteiger partial charge < -0.3 is 9.80 Å². The van der Waals surface area contributed by atoms with E-state index in [1.807, 2.05) is 30.0 Å². The Kier molecular flexibility index (Phi) is 5.74. The molecule has 1 saturated heterocycles. The van der Waals surface area contributed by atoms with Crippen molar-refractivity contribution < 1.29 is 9.18 Å². The van der Waals surface area contributed by atoms with Crippen molar-refractivity contribution in [1.29, 1.82) is 0 Å². The molecule has 156 valence electrons. The summed E-state index contributed by atoms with van der Waals surface area (Å²) in [6.45, 7) is 1.52. The SMILES string of the molecule is CN(C)c1ncc(-c2cccc(F)c2)c([C@@H]2CCCN(C(=O)Cn3cccn3)C2)n1. The predicted octanol–water partition coefficient (Wildman–Crippen LogP) is 2.95. The molecular formula is C22H25FN6O. The average Bonchev–Trinajstić information content (AvgIpc) is 3.26. The first-order chi connectivity index (χ1) is 14.5. The first kappa shape index (κ1) is 20.0. The molecular weight excluding hydrogens is 383 g/mol. The van der Waals surface area contributed by atoms with Gasteiger partial charge in [0.1, 0.15) is 12.4 Å². The lowest BCUT2D eigenvalue weighted by Gasteiger charge is -2.33. The number of anilines is 1. The molecule has 0 saturated carbocycles. The van der Waals surface area contributed by atoms with Crippen LogP contribution in [0.2, 0.25) is 0 Å². The molecule has 7 nitrogen and oxygen atoms in total. The molecule has 0 bridgehead atoms. The molecule has 30 heavy (non-hydrogen) atoms. The van der Waals surface area contributed by atoms with Gasteiger partial charge in [-0.25, -0.2) is 14.4 Å². The Morgan fingerprint density at radius 2 is 2.17 bits per heavy atom.